The van der Waals surface area contributed by atoms with Crippen LogP contribution in [0.2, 0.25) is 5.15 Å². The molecule has 1 atom stereocenters. The molecule has 170 valence electrons. The van der Waals surface area contributed by atoms with Gasteiger partial charge in [-0.2, -0.15) is 4.98 Å². The van der Waals surface area contributed by atoms with Crippen molar-refractivity contribution in [3.05, 3.63) is 35.2 Å². The van der Waals surface area contributed by atoms with Gasteiger partial charge in [-0.15, -0.1) is 0 Å². The Balaban J connectivity index is 1.30. The van der Waals surface area contributed by atoms with Crippen LogP contribution < -0.4 is 15.1 Å². The summed E-state index contributed by atoms with van der Waals surface area (Å²) in [5.41, 5.74) is 1.76. The molecule has 5 rings (SSSR count). The first-order chi connectivity index (χ1) is 15.6. The van der Waals surface area contributed by atoms with Crippen LogP contribution >= 0.6 is 11.6 Å². The third-order valence-corrected chi connectivity index (χ3v) is 7.08. The second-order valence-electron chi connectivity index (χ2n) is 8.93. The molecule has 3 aliphatic rings. The maximum Gasteiger partial charge on any atom is 0.259 e. The van der Waals surface area contributed by atoms with Gasteiger partial charge in [-0.25, -0.2) is 9.97 Å². The van der Waals surface area contributed by atoms with Crippen LogP contribution in [0.25, 0.3) is 0 Å². The number of pyridine rings is 1. The van der Waals surface area contributed by atoms with Crippen molar-refractivity contribution in [1.82, 2.24) is 19.9 Å². The Kier molecular flexibility index (Phi) is 6.04. The van der Waals surface area contributed by atoms with Gasteiger partial charge in [0.25, 0.3) is 5.91 Å². The molecule has 2 fully saturated rings. The van der Waals surface area contributed by atoms with E-state index in [1.54, 1.807) is 12.4 Å². The number of piperidine rings is 1. The number of fused-ring (bicyclic) bond motifs is 3. The first-order valence-corrected chi connectivity index (χ1v) is 12.0. The number of hydrogen-bond donors (Lipinski definition) is 1. The third-order valence-electron chi connectivity index (χ3n) is 6.87. The smallest absolute Gasteiger partial charge is 0.259 e. The SMILES string of the molecule is CCNc1ncc2c(n1)N1CCCC1CN(CC1CCN(c3ccnc(Cl)c3)CC1)C2=O. The van der Waals surface area contributed by atoms with Crippen LogP contribution in [0.3, 0.4) is 0 Å². The molecule has 0 radical (unpaired) electrons. The molecule has 3 aliphatic heterocycles. The standard InChI is InChI=1S/C23H30ClN7O/c1-2-25-23-27-13-19-21(28-23)31-9-3-4-18(31)15-30(22(19)32)14-16-6-10-29(11-7-16)17-5-8-26-20(24)12-17/h5,8,12-13,16,18H,2-4,6-7,9-11,14-15H2,1H3,(H,25,27,28). The van der Waals surface area contributed by atoms with Gasteiger partial charge in [0, 0.05) is 63.4 Å². The van der Waals surface area contributed by atoms with Gasteiger partial charge >= 0.3 is 0 Å². The van der Waals surface area contributed by atoms with E-state index < -0.39 is 0 Å². The summed E-state index contributed by atoms with van der Waals surface area (Å²) < 4.78 is 0. The predicted molar refractivity (Wildman–Crippen MR) is 127 cm³/mol. The molecular formula is C23H30ClN7O. The first kappa shape index (κ1) is 21.2. The molecule has 1 amide bonds. The lowest BCUT2D eigenvalue weighted by Gasteiger charge is -2.36. The van der Waals surface area contributed by atoms with Crippen LogP contribution in [0.5, 0.6) is 0 Å². The summed E-state index contributed by atoms with van der Waals surface area (Å²) in [6.07, 6.45) is 7.83. The highest BCUT2D eigenvalue weighted by Crippen LogP contribution is 2.33. The summed E-state index contributed by atoms with van der Waals surface area (Å²) in [7, 11) is 0. The molecule has 2 saturated heterocycles. The quantitative estimate of drug-likeness (QED) is 0.693. The average Bonchev–Trinajstić information content (AvgIpc) is 3.23. The highest BCUT2D eigenvalue weighted by molar-refractivity contribution is 6.29. The topological polar surface area (TPSA) is 77.5 Å². The lowest BCUT2D eigenvalue weighted by atomic mass is 9.95. The first-order valence-electron chi connectivity index (χ1n) is 11.7. The van der Waals surface area contributed by atoms with Crippen molar-refractivity contribution >= 4 is 35.0 Å². The van der Waals surface area contributed by atoms with E-state index in [0.717, 1.165) is 76.5 Å². The molecule has 1 N–H and O–H groups in total. The van der Waals surface area contributed by atoms with E-state index in [0.29, 0.717) is 28.6 Å². The summed E-state index contributed by atoms with van der Waals surface area (Å²) >= 11 is 6.07. The molecule has 0 aliphatic carbocycles. The highest BCUT2D eigenvalue weighted by Gasteiger charge is 2.37. The largest absolute Gasteiger partial charge is 0.371 e. The molecule has 2 aromatic heterocycles. The van der Waals surface area contributed by atoms with Gasteiger partial charge in [-0.3, -0.25) is 4.79 Å². The van der Waals surface area contributed by atoms with Crippen molar-refractivity contribution in [2.75, 3.05) is 54.4 Å². The monoisotopic (exact) mass is 455 g/mol. The van der Waals surface area contributed by atoms with Gasteiger partial charge in [0.05, 0.1) is 0 Å². The van der Waals surface area contributed by atoms with Crippen molar-refractivity contribution in [2.45, 2.75) is 38.6 Å². The Hall–Kier alpha value is -2.61. The maximum absolute atomic E-state index is 13.5. The van der Waals surface area contributed by atoms with Gasteiger partial charge in [-0.1, -0.05) is 11.6 Å². The van der Waals surface area contributed by atoms with Gasteiger partial charge < -0.3 is 20.0 Å². The molecule has 8 nitrogen and oxygen atoms in total. The zero-order chi connectivity index (χ0) is 22.1. The molecule has 5 heterocycles. The van der Waals surface area contributed by atoms with E-state index in [2.05, 4.69) is 30.0 Å². The van der Waals surface area contributed by atoms with Crippen LogP contribution in [0.1, 0.15) is 43.0 Å². The van der Waals surface area contributed by atoms with Gasteiger partial charge in [-0.05, 0) is 50.7 Å². The fraction of sp³-hybridized carbons (Fsp3) is 0.565. The van der Waals surface area contributed by atoms with Crippen molar-refractivity contribution in [1.29, 1.82) is 0 Å². The normalized spacial score (nSPS) is 21.4. The van der Waals surface area contributed by atoms with E-state index in [1.165, 1.54) is 0 Å². The number of carbonyl (C=O) groups is 1. The molecule has 0 bridgehead atoms. The van der Waals surface area contributed by atoms with E-state index in [-0.39, 0.29) is 5.91 Å². The Morgan fingerprint density at radius 3 is 2.81 bits per heavy atom. The average molecular weight is 456 g/mol. The lowest BCUT2D eigenvalue weighted by molar-refractivity contribution is 0.0716. The number of amides is 1. The summed E-state index contributed by atoms with van der Waals surface area (Å²) in [5, 5.41) is 3.71. The number of nitrogens with one attached hydrogen (secondary N) is 1. The van der Waals surface area contributed by atoms with Crippen molar-refractivity contribution in [3.63, 3.8) is 0 Å². The lowest BCUT2D eigenvalue weighted by Crippen LogP contribution is -2.44. The molecule has 1 unspecified atom stereocenters. The molecule has 9 heteroatoms. The third kappa shape index (κ3) is 4.20. The molecule has 2 aromatic rings. The molecule has 0 spiro atoms. The van der Waals surface area contributed by atoms with Crippen LogP contribution in [-0.2, 0) is 0 Å². The fourth-order valence-corrected chi connectivity index (χ4v) is 5.40. The van der Waals surface area contributed by atoms with Crippen LogP contribution in [0, 0.1) is 5.92 Å². The Labute approximate surface area is 194 Å². The van der Waals surface area contributed by atoms with Crippen LogP contribution in [0.4, 0.5) is 17.5 Å². The number of anilines is 3. The van der Waals surface area contributed by atoms with E-state index in [1.807, 2.05) is 19.1 Å². The van der Waals surface area contributed by atoms with Gasteiger partial charge in [0.15, 0.2) is 0 Å². The molecular weight excluding hydrogens is 426 g/mol. The second-order valence-corrected chi connectivity index (χ2v) is 9.32. The molecule has 32 heavy (non-hydrogen) atoms. The zero-order valence-electron chi connectivity index (χ0n) is 18.5. The minimum absolute atomic E-state index is 0.0702. The van der Waals surface area contributed by atoms with Gasteiger partial charge in [0.1, 0.15) is 16.5 Å². The number of halogens is 1. The highest BCUT2D eigenvalue weighted by atomic mass is 35.5. The van der Waals surface area contributed by atoms with Crippen LogP contribution in [0.15, 0.2) is 24.5 Å². The number of aromatic nitrogens is 3. The van der Waals surface area contributed by atoms with Crippen molar-refractivity contribution in [3.8, 4) is 0 Å². The van der Waals surface area contributed by atoms with Crippen molar-refractivity contribution in [2.24, 2.45) is 5.92 Å². The summed E-state index contributed by atoms with van der Waals surface area (Å²) in [5.74, 6) is 1.96. The number of rotatable bonds is 5. The Morgan fingerprint density at radius 1 is 1.19 bits per heavy atom. The molecule has 0 aromatic carbocycles. The minimum atomic E-state index is 0.0702. The summed E-state index contributed by atoms with van der Waals surface area (Å²) in [6, 6.07) is 4.27. The number of carbonyl (C=O) groups excluding carboxylic acids is 1. The summed E-state index contributed by atoms with van der Waals surface area (Å²) in [4.78, 5) is 33.5. The van der Waals surface area contributed by atoms with Gasteiger partial charge in [0.2, 0.25) is 5.95 Å². The minimum Gasteiger partial charge on any atom is -0.371 e. The van der Waals surface area contributed by atoms with E-state index >= 15 is 0 Å². The second kappa shape index (κ2) is 9.10. The summed E-state index contributed by atoms with van der Waals surface area (Å²) in [6.45, 7) is 7.23. The predicted octanol–water partition coefficient (Wildman–Crippen LogP) is 3.30. The van der Waals surface area contributed by atoms with E-state index in [9.17, 15) is 4.79 Å². The number of nitrogens with zero attached hydrogens (tertiary/aromatic N) is 6. The maximum atomic E-state index is 13.5. The van der Waals surface area contributed by atoms with E-state index in [4.69, 9.17) is 16.6 Å². The zero-order valence-corrected chi connectivity index (χ0v) is 19.3. The Morgan fingerprint density at radius 2 is 2.03 bits per heavy atom. The fourth-order valence-electron chi connectivity index (χ4n) is 5.23. The number of hydrogen-bond acceptors (Lipinski definition) is 7. The van der Waals surface area contributed by atoms with Crippen LogP contribution in [-0.4, -0.2) is 71.1 Å². The van der Waals surface area contributed by atoms with Crippen molar-refractivity contribution < 1.29 is 4.79 Å². The Bertz CT molecular complexity index is 979. The molecule has 0 saturated carbocycles.